The molecule has 0 bridgehead atoms. The van der Waals surface area contributed by atoms with E-state index in [-0.39, 0.29) is 0 Å². The zero-order valence-corrected chi connectivity index (χ0v) is 16.2. The fourth-order valence-electron chi connectivity index (χ4n) is 2.78. The summed E-state index contributed by atoms with van der Waals surface area (Å²) in [4.78, 5) is 13.6. The molecule has 0 saturated carbocycles. The zero-order chi connectivity index (χ0) is 19.8. The number of fused-ring (bicyclic) bond motifs is 1. The van der Waals surface area contributed by atoms with Crippen molar-refractivity contribution in [2.24, 2.45) is 16.5 Å². The second-order valence-corrected chi connectivity index (χ2v) is 6.60. The van der Waals surface area contributed by atoms with Crippen molar-refractivity contribution in [1.29, 1.82) is 0 Å². The number of rotatable bonds is 8. The minimum atomic E-state index is 0.446. The number of nitrogens with zero attached hydrogens (tertiary/aromatic N) is 3. The molecule has 0 atom stereocenters. The molecular weight excluding hydrogens is 372 g/mol. The molecule has 0 amide bonds. The first-order valence-electron chi connectivity index (χ1n) is 9.13. The monoisotopic (exact) mass is 394 g/mol. The summed E-state index contributed by atoms with van der Waals surface area (Å²) >= 11 is 6.34. The molecule has 28 heavy (non-hydrogen) atoms. The van der Waals surface area contributed by atoms with Gasteiger partial charge in [-0.05, 0) is 49.4 Å². The Labute approximate surface area is 169 Å². The number of hydrogen-bond acceptors (Lipinski definition) is 5. The van der Waals surface area contributed by atoms with Gasteiger partial charge < -0.3 is 16.8 Å². The van der Waals surface area contributed by atoms with Gasteiger partial charge in [0.25, 0.3) is 0 Å². The number of benzene rings is 2. The number of hydrogen-bond donors (Lipinski definition) is 3. The molecule has 0 aliphatic rings. The molecule has 0 unspecified atom stereocenters. The fourth-order valence-corrected chi connectivity index (χ4v) is 3.00. The van der Waals surface area contributed by atoms with Crippen LogP contribution >= 0.6 is 11.6 Å². The molecule has 1 heterocycles. The predicted molar refractivity (Wildman–Crippen MR) is 118 cm³/mol. The molecule has 5 N–H and O–H groups in total. The molecule has 0 aliphatic carbocycles. The van der Waals surface area contributed by atoms with Crippen LogP contribution in [0.2, 0.25) is 5.02 Å². The van der Waals surface area contributed by atoms with Crippen molar-refractivity contribution < 1.29 is 0 Å². The number of amidine groups is 1. The Hall–Kier alpha value is -3.12. The number of para-hydroxylation sites is 1. The Kier molecular flexibility index (Phi) is 6.81. The molecule has 0 radical (unpaired) electrons. The van der Waals surface area contributed by atoms with Crippen molar-refractivity contribution in [2.75, 3.05) is 18.4 Å². The quantitative estimate of drug-likeness (QED) is 0.305. The van der Waals surface area contributed by atoms with E-state index in [0.717, 1.165) is 41.7 Å². The summed E-state index contributed by atoms with van der Waals surface area (Å²) in [5, 5.41) is 5.03. The molecule has 2 aromatic carbocycles. The topological polar surface area (TPSA) is 102 Å². The van der Waals surface area contributed by atoms with Gasteiger partial charge in [0.05, 0.1) is 10.5 Å². The van der Waals surface area contributed by atoms with E-state index < -0.39 is 0 Å². The van der Waals surface area contributed by atoms with Gasteiger partial charge >= 0.3 is 0 Å². The highest BCUT2D eigenvalue weighted by atomic mass is 35.5. The van der Waals surface area contributed by atoms with Gasteiger partial charge in [-0.15, -0.1) is 0 Å². The number of unbranched alkanes of at least 4 members (excludes halogenated alkanes) is 1. The molecular formula is C21H23ClN6. The van der Waals surface area contributed by atoms with E-state index in [9.17, 15) is 0 Å². The van der Waals surface area contributed by atoms with Crippen LogP contribution in [0.4, 0.5) is 5.82 Å². The SMILES string of the molecule is NC=CC(N)=NCCCCNc1nc(-c2ccccc2Cl)nc2ccccc12. The predicted octanol–water partition coefficient (Wildman–Crippen LogP) is 3.97. The average molecular weight is 395 g/mol. The summed E-state index contributed by atoms with van der Waals surface area (Å²) in [5.74, 6) is 1.86. The van der Waals surface area contributed by atoms with Crippen LogP contribution in [0.15, 0.2) is 65.8 Å². The van der Waals surface area contributed by atoms with Gasteiger partial charge in [0.1, 0.15) is 11.7 Å². The molecule has 3 rings (SSSR count). The number of aromatic nitrogens is 2. The summed E-state index contributed by atoms with van der Waals surface area (Å²) in [6, 6.07) is 15.5. The van der Waals surface area contributed by atoms with Crippen molar-refractivity contribution >= 4 is 34.2 Å². The van der Waals surface area contributed by atoms with Gasteiger partial charge in [-0.1, -0.05) is 35.9 Å². The lowest BCUT2D eigenvalue weighted by atomic mass is 10.2. The molecule has 0 fully saturated rings. The Morgan fingerprint density at radius 3 is 2.68 bits per heavy atom. The van der Waals surface area contributed by atoms with Crippen LogP contribution < -0.4 is 16.8 Å². The van der Waals surface area contributed by atoms with Crippen LogP contribution in [0, 0.1) is 0 Å². The molecule has 144 valence electrons. The second-order valence-electron chi connectivity index (χ2n) is 6.19. The van der Waals surface area contributed by atoms with Crippen molar-refractivity contribution in [3.05, 3.63) is 65.8 Å². The smallest absolute Gasteiger partial charge is 0.163 e. The van der Waals surface area contributed by atoms with Gasteiger partial charge in [-0.3, -0.25) is 4.99 Å². The zero-order valence-electron chi connectivity index (χ0n) is 15.5. The molecule has 0 saturated heterocycles. The number of anilines is 1. The van der Waals surface area contributed by atoms with Gasteiger partial charge in [0.2, 0.25) is 0 Å². The summed E-state index contributed by atoms with van der Waals surface area (Å²) in [5.41, 5.74) is 12.7. The van der Waals surface area contributed by atoms with Crippen LogP contribution in [-0.4, -0.2) is 28.9 Å². The maximum absolute atomic E-state index is 6.34. The summed E-state index contributed by atoms with van der Waals surface area (Å²) < 4.78 is 0. The van der Waals surface area contributed by atoms with E-state index >= 15 is 0 Å². The van der Waals surface area contributed by atoms with Crippen molar-refractivity contribution in [2.45, 2.75) is 12.8 Å². The van der Waals surface area contributed by atoms with Gasteiger partial charge in [-0.2, -0.15) is 0 Å². The highest BCUT2D eigenvalue weighted by Gasteiger charge is 2.11. The molecule has 3 aromatic rings. The average Bonchev–Trinajstić information content (AvgIpc) is 2.71. The maximum atomic E-state index is 6.34. The Morgan fingerprint density at radius 2 is 1.86 bits per heavy atom. The molecule has 1 aromatic heterocycles. The number of nitrogens with two attached hydrogens (primary N) is 2. The van der Waals surface area contributed by atoms with Crippen molar-refractivity contribution in [3.8, 4) is 11.4 Å². The highest BCUT2D eigenvalue weighted by molar-refractivity contribution is 6.33. The lowest BCUT2D eigenvalue weighted by Gasteiger charge is -2.11. The second kappa shape index (κ2) is 9.71. The number of nitrogens with one attached hydrogen (secondary N) is 1. The summed E-state index contributed by atoms with van der Waals surface area (Å²) in [7, 11) is 0. The first-order chi connectivity index (χ1) is 13.7. The maximum Gasteiger partial charge on any atom is 0.163 e. The van der Waals surface area contributed by atoms with E-state index in [4.69, 9.17) is 28.1 Å². The van der Waals surface area contributed by atoms with Crippen LogP contribution in [0.3, 0.4) is 0 Å². The minimum absolute atomic E-state index is 0.446. The lowest BCUT2D eigenvalue weighted by molar-refractivity contribution is 0.773. The van der Waals surface area contributed by atoms with E-state index in [0.29, 0.717) is 23.2 Å². The largest absolute Gasteiger partial charge is 0.404 e. The van der Waals surface area contributed by atoms with E-state index in [1.165, 1.54) is 6.20 Å². The van der Waals surface area contributed by atoms with E-state index in [2.05, 4.69) is 15.3 Å². The van der Waals surface area contributed by atoms with Crippen LogP contribution in [-0.2, 0) is 0 Å². The Morgan fingerprint density at radius 1 is 1.07 bits per heavy atom. The molecule has 0 aliphatic heterocycles. The minimum Gasteiger partial charge on any atom is -0.404 e. The third-order valence-electron chi connectivity index (χ3n) is 4.16. The van der Waals surface area contributed by atoms with E-state index in [1.807, 2.05) is 48.5 Å². The van der Waals surface area contributed by atoms with Crippen molar-refractivity contribution in [3.63, 3.8) is 0 Å². The summed E-state index contributed by atoms with van der Waals surface area (Å²) in [6.07, 6.45) is 4.81. The van der Waals surface area contributed by atoms with Gasteiger partial charge in [0.15, 0.2) is 5.82 Å². The van der Waals surface area contributed by atoms with Crippen LogP contribution in [0.1, 0.15) is 12.8 Å². The third kappa shape index (κ3) is 4.98. The lowest BCUT2D eigenvalue weighted by Crippen LogP contribution is -2.10. The Bertz CT molecular complexity index is 999. The standard InChI is InChI=1S/C21H23ClN6/c22-17-9-3-1-7-15(17)21-27-18-10-4-2-8-16(18)20(28-21)26-14-6-5-13-25-19(24)11-12-23/h1-4,7-12H,5-6,13-14,23H2,(H2,24,25)(H,26,27,28). The normalized spacial score (nSPS) is 12.0. The van der Waals surface area contributed by atoms with Gasteiger partial charge in [0, 0.05) is 24.0 Å². The molecule has 6 nitrogen and oxygen atoms in total. The first-order valence-corrected chi connectivity index (χ1v) is 9.50. The van der Waals surface area contributed by atoms with E-state index in [1.54, 1.807) is 6.08 Å². The Balaban J connectivity index is 1.73. The fraction of sp³-hybridized carbons (Fsp3) is 0.190. The third-order valence-corrected chi connectivity index (χ3v) is 4.49. The van der Waals surface area contributed by atoms with Gasteiger partial charge in [-0.25, -0.2) is 9.97 Å². The molecule has 7 heteroatoms. The summed E-state index contributed by atoms with van der Waals surface area (Å²) in [6.45, 7) is 1.43. The number of aliphatic imine (C=N–C) groups is 1. The van der Waals surface area contributed by atoms with Crippen LogP contribution in [0.25, 0.3) is 22.3 Å². The molecule has 0 spiro atoms. The van der Waals surface area contributed by atoms with Crippen molar-refractivity contribution in [1.82, 2.24) is 9.97 Å². The first kappa shape index (κ1) is 19.6. The number of halogens is 1. The highest BCUT2D eigenvalue weighted by Crippen LogP contribution is 2.29. The van der Waals surface area contributed by atoms with Crippen LogP contribution in [0.5, 0.6) is 0 Å².